The number of furan rings is 1. The first-order valence-electron chi connectivity index (χ1n) is 8.67. The second-order valence-electron chi connectivity index (χ2n) is 6.62. The second kappa shape index (κ2) is 5.56. The van der Waals surface area contributed by atoms with Crippen LogP contribution in [0.2, 0.25) is 5.02 Å². The van der Waals surface area contributed by atoms with Gasteiger partial charge < -0.3 is 4.42 Å². The van der Waals surface area contributed by atoms with E-state index in [4.69, 9.17) is 21.0 Å². The van der Waals surface area contributed by atoms with Crippen LogP contribution in [0.15, 0.2) is 77.2 Å². The molecule has 6 rings (SSSR count). The Morgan fingerprint density at radius 3 is 2.63 bits per heavy atom. The lowest BCUT2D eigenvalue weighted by Gasteiger charge is -2.00. The summed E-state index contributed by atoms with van der Waals surface area (Å²) in [6, 6.07) is 24.9. The van der Waals surface area contributed by atoms with E-state index in [2.05, 4.69) is 54.6 Å². The van der Waals surface area contributed by atoms with E-state index in [1.165, 1.54) is 10.8 Å². The maximum atomic E-state index is 6.28. The summed E-state index contributed by atoms with van der Waals surface area (Å²) in [7, 11) is 0. The summed E-state index contributed by atoms with van der Waals surface area (Å²) < 4.78 is 7.12. The van der Waals surface area contributed by atoms with E-state index in [1.807, 2.05) is 18.2 Å². The van der Waals surface area contributed by atoms with E-state index in [0.717, 1.165) is 42.7 Å². The van der Waals surface area contributed by atoms with E-state index in [1.54, 1.807) is 11.3 Å². The Balaban J connectivity index is 1.58. The zero-order valence-corrected chi connectivity index (χ0v) is 15.6. The van der Waals surface area contributed by atoms with Crippen LogP contribution in [-0.2, 0) is 0 Å². The van der Waals surface area contributed by atoms with E-state index < -0.39 is 0 Å². The molecule has 0 unspecified atom stereocenters. The lowest BCUT2D eigenvalue weighted by atomic mass is 10.1. The van der Waals surface area contributed by atoms with Crippen molar-refractivity contribution in [2.75, 3.05) is 0 Å². The van der Waals surface area contributed by atoms with Gasteiger partial charge in [-0.25, -0.2) is 4.98 Å². The number of fused-ring (bicyclic) bond motifs is 5. The van der Waals surface area contributed by atoms with Crippen molar-refractivity contribution in [3.8, 4) is 10.6 Å². The zero-order chi connectivity index (χ0) is 18.0. The molecule has 27 heavy (non-hydrogen) atoms. The van der Waals surface area contributed by atoms with Gasteiger partial charge in [0, 0.05) is 22.4 Å². The maximum Gasteiger partial charge on any atom is 0.153 e. The first-order valence-corrected chi connectivity index (χ1v) is 9.86. The van der Waals surface area contributed by atoms with Gasteiger partial charge in [0.25, 0.3) is 0 Å². The third kappa shape index (κ3) is 2.29. The van der Waals surface area contributed by atoms with Crippen molar-refractivity contribution in [2.24, 2.45) is 0 Å². The second-order valence-corrected chi connectivity index (χ2v) is 8.05. The molecule has 0 saturated heterocycles. The Kier molecular flexibility index (Phi) is 3.13. The summed E-state index contributed by atoms with van der Waals surface area (Å²) in [6.07, 6.45) is 0. The molecule has 0 saturated carbocycles. The van der Waals surface area contributed by atoms with Gasteiger partial charge in [-0.3, -0.25) is 0 Å². The Hall–Kier alpha value is -2.88. The summed E-state index contributed by atoms with van der Waals surface area (Å²) >= 11 is 7.96. The van der Waals surface area contributed by atoms with Crippen LogP contribution in [0, 0.1) is 0 Å². The lowest BCUT2D eigenvalue weighted by molar-refractivity contribution is 0.669. The number of thiazole rings is 1. The molecule has 6 aromatic rings. The van der Waals surface area contributed by atoms with Crippen molar-refractivity contribution in [1.82, 2.24) is 4.98 Å². The van der Waals surface area contributed by atoms with Crippen LogP contribution in [0.5, 0.6) is 0 Å². The molecule has 4 heteroatoms. The minimum Gasteiger partial charge on any atom is -0.454 e. The average molecular weight is 386 g/mol. The monoisotopic (exact) mass is 385 g/mol. The summed E-state index contributed by atoms with van der Waals surface area (Å²) in [5.74, 6) is 0. The molecule has 0 radical (unpaired) electrons. The molecule has 0 N–H and O–H groups in total. The SMILES string of the molecule is Clc1cccc2c1oc1cc3sc(-c4ccc5ccccc5c4)nc3cc12. The maximum absolute atomic E-state index is 6.28. The fourth-order valence-corrected chi connectivity index (χ4v) is 4.82. The summed E-state index contributed by atoms with van der Waals surface area (Å²) in [4.78, 5) is 4.89. The number of hydrogen-bond donors (Lipinski definition) is 0. The molecule has 0 spiro atoms. The van der Waals surface area contributed by atoms with E-state index in [-0.39, 0.29) is 0 Å². The van der Waals surface area contributed by atoms with Crippen LogP contribution >= 0.6 is 22.9 Å². The van der Waals surface area contributed by atoms with Crippen molar-refractivity contribution in [3.63, 3.8) is 0 Å². The Bertz CT molecular complexity index is 1490. The number of nitrogens with zero attached hydrogens (tertiary/aromatic N) is 1. The highest BCUT2D eigenvalue weighted by atomic mass is 35.5. The minimum absolute atomic E-state index is 0.636. The van der Waals surface area contributed by atoms with Gasteiger partial charge >= 0.3 is 0 Å². The Morgan fingerprint density at radius 2 is 1.70 bits per heavy atom. The summed E-state index contributed by atoms with van der Waals surface area (Å²) in [5.41, 5.74) is 3.71. The normalized spacial score (nSPS) is 11.9. The van der Waals surface area contributed by atoms with Crippen LogP contribution in [-0.4, -0.2) is 4.98 Å². The predicted molar refractivity (Wildman–Crippen MR) is 115 cm³/mol. The van der Waals surface area contributed by atoms with Crippen LogP contribution in [0.4, 0.5) is 0 Å². The van der Waals surface area contributed by atoms with Gasteiger partial charge in [-0.1, -0.05) is 60.1 Å². The summed E-state index contributed by atoms with van der Waals surface area (Å²) in [6.45, 7) is 0. The molecule has 0 bridgehead atoms. The minimum atomic E-state index is 0.636. The van der Waals surface area contributed by atoms with Gasteiger partial charge in [-0.15, -0.1) is 11.3 Å². The van der Waals surface area contributed by atoms with Gasteiger partial charge in [0.15, 0.2) is 5.58 Å². The molecular formula is C23H12ClNOS. The molecule has 0 aliphatic rings. The van der Waals surface area contributed by atoms with Crippen LogP contribution in [0.3, 0.4) is 0 Å². The highest BCUT2D eigenvalue weighted by Crippen LogP contribution is 2.38. The summed E-state index contributed by atoms with van der Waals surface area (Å²) in [5, 5.41) is 6.20. The molecule has 0 aliphatic carbocycles. The molecule has 0 fully saturated rings. The van der Waals surface area contributed by atoms with Crippen molar-refractivity contribution in [3.05, 3.63) is 77.8 Å². The van der Waals surface area contributed by atoms with E-state index in [9.17, 15) is 0 Å². The topological polar surface area (TPSA) is 26.0 Å². The molecule has 0 atom stereocenters. The third-order valence-corrected chi connectivity index (χ3v) is 6.32. The van der Waals surface area contributed by atoms with Crippen LogP contribution in [0.1, 0.15) is 0 Å². The molecular weight excluding hydrogens is 374 g/mol. The number of hydrogen-bond acceptors (Lipinski definition) is 3. The van der Waals surface area contributed by atoms with E-state index in [0.29, 0.717) is 5.02 Å². The van der Waals surface area contributed by atoms with Crippen LogP contribution < -0.4 is 0 Å². The fourth-order valence-electron chi connectivity index (χ4n) is 3.63. The smallest absolute Gasteiger partial charge is 0.153 e. The number of rotatable bonds is 1. The molecule has 2 aromatic heterocycles. The molecule has 0 aliphatic heterocycles. The number of benzene rings is 4. The first kappa shape index (κ1) is 15.2. The van der Waals surface area contributed by atoms with Gasteiger partial charge in [-0.05, 0) is 29.0 Å². The van der Waals surface area contributed by atoms with Crippen molar-refractivity contribution in [1.29, 1.82) is 0 Å². The highest BCUT2D eigenvalue weighted by Gasteiger charge is 2.14. The molecule has 128 valence electrons. The highest BCUT2D eigenvalue weighted by molar-refractivity contribution is 7.21. The van der Waals surface area contributed by atoms with Crippen LogP contribution in [0.25, 0.3) is 53.5 Å². The average Bonchev–Trinajstić information content (AvgIpc) is 3.27. The van der Waals surface area contributed by atoms with Gasteiger partial charge in [0.05, 0.1) is 15.2 Å². The first-order chi connectivity index (χ1) is 13.3. The van der Waals surface area contributed by atoms with Gasteiger partial charge in [0.2, 0.25) is 0 Å². The number of aromatic nitrogens is 1. The van der Waals surface area contributed by atoms with Crippen molar-refractivity contribution in [2.45, 2.75) is 0 Å². The molecule has 2 heterocycles. The van der Waals surface area contributed by atoms with E-state index >= 15 is 0 Å². The number of para-hydroxylation sites is 1. The molecule has 0 amide bonds. The molecule has 4 aromatic carbocycles. The number of halogens is 1. The Labute approximate surface area is 163 Å². The fraction of sp³-hybridized carbons (Fsp3) is 0. The zero-order valence-electron chi connectivity index (χ0n) is 14.1. The largest absolute Gasteiger partial charge is 0.454 e. The standard InChI is InChI=1S/C23H12ClNOS/c24-18-7-3-6-16-17-11-19-21(12-20(17)26-22(16)18)27-23(25-19)15-9-8-13-4-1-2-5-14(13)10-15/h1-12H. The lowest BCUT2D eigenvalue weighted by Crippen LogP contribution is -1.77. The third-order valence-electron chi connectivity index (χ3n) is 4.96. The Morgan fingerprint density at radius 1 is 0.815 bits per heavy atom. The molecule has 2 nitrogen and oxygen atoms in total. The van der Waals surface area contributed by atoms with Crippen molar-refractivity contribution >= 4 is 65.9 Å². The van der Waals surface area contributed by atoms with Gasteiger partial charge in [-0.2, -0.15) is 0 Å². The van der Waals surface area contributed by atoms with Gasteiger partial charge in [0.1, 0.15) is 10.6 Å². The van der Waals surface area contributed by atoms with Crippen molar-refractivity contribution < 1.29 is 4.42 Å². The quantitative estimate of drug-likeness (QED) is 0.290. The predicted octanol–water partition coefficient (Wildman–Crippen LogP) is 7.67.